The van der Waals surface area contributed by atoms with Crippen molar-refractivity contribution in [1.82, 2.24) is 14.9 Å². The lowest BCUT2D eigenvalue weighted by atomic mass is 9.98. The average Bonchev–Trinajstić information content (AvgIpc) is 2.93. The van der Waals surface area contributed by atoms with Gasteiger partial charge in [0.2, 0.25) is 11.9 Å². The summed E-state index contributed by atoms with van der Waals surface area (Å²) < 4.78 is 5.25. The highest BCUT2D eigenvalue weighted by molar-refractivity contribution is 5.79. The maximum absolute atomic E-state index is 13.3. The van der Waals surface area contributed by atoms with Gasteiger partial charge in [-0.05, 0) is 42.0 Å². The third-order valence-corrected chi connectivity index (χ3v) is 7.58. The quantitative estimate of drug-likeness (QED) is 0.478. The lowest BCUT2D eigenvalue weighted by molar-refractivity contribution is -0.131. The molecule has 1 fully saturated rings. The Labute approximate surface area is 220 Å². The maximum atomic E-state index is 13.3. The van der Waals surface area contributed by atoms with Gasteiger partial charge in [-0.15, -0.1) is 0 Å². The van der Waals surface area contributed by atoms with Gasteiger partial charge < -0.3 is 19.4 Å². The van der Waals surface area contributed by atoms with Crippen LogP contribution in [0.25, 0.3) is 0 Å². The Morgan fingerprint density at radius 3 is 2.43 bits per heavy atom. The largest absolute Gasteiger partial charge is 0.497 e. The van der Waals surface area contributed by atoms with Crippen LogP contribution < -0.4 is 14.5 Å². The average molecular weight is 500 g/mol. The summed E-state index contributed by atoms with van der Waals surface area (Å²) in [6.45, 7) is 6.30. The summed E-state index contributed by atoms with van der Waals surface area (Å²) in [5, 5.41) is 0. The molecule has 194 valence electrons. The first-order chi connectivity index (χ1) is 18.0. The number of carbonyl (C=O) groups excluding carboxylic acids is 1. The van der Waals surface area contributed by atoms with Gasteiger partial charge in [0.15, 0.2) is 0 Å². The fourth-order valence-electron chi connectivity index (χ4n) is 5.21. The van der Waals surface area contributed by atoms with E-state index < -0.39 is 0 Å². The molecule has 7 heteroatoms. The highest BCUT2D eigenvalue weighted by Gasteiger charge is 2.29. The minimum Gasteiger partial charge on any atom is -0.497 e. The zero-order chi connectivity index (χ0) is 25.8. The number of nitrogens with zero attached hydrogens (tertiary/aromatic N) is 5. The predicted octanol–water partition coefficient (Wildman–Crippen LogP) is 4.49. The van der Waals surface area contributed by atoms with Crippen molar-refractivity contribution in [1.29, 1.82) is 0 Å². The number of rotatable bonds is 7. The molecular formula is C30H37N5O2. The predicted molar refractivity (Wildman–Crippen MR) is 147 cm³/mol. The van der Waals surface area contributed by atoms with Crippen LogP contribution in [0.15, 0.2) is 54.6 Å². The molecule has 3 aromatic rings. The standard InChI is InChI=1S/C30H37N5O2/c1-22-13-16-34(17-14-22)29-26-21-35(28(36)19-23-9-11-25(37-3)12-10-23)18-15-27(26)31-30(32-29)33(2)20-24-7-5-4-6-8-24/h4-12,22H,13-21H2,1-3H3. The molecule has 0 radical (unpaired) electrons. The number of ether oxygens (including phenoxy) is 1. The number of carbonyl (C=O) groups is 1. The maximum Gasteiger partial charge on any atom is 0.227 e. The van der Waals surface area contributed by atoms with Crippen LogP contribution in [0, 0.1) is 5.92 Å². The van der Waals surface area contributed by atoms with Crippen molar-refractivity contribution >= 4 is 17.7 Å². The van der Waals surface area contributed by atoms with Gasteiger partial charge in [0.25, 0.3) is 0 Å². The lowest BCUT2D eigenvalue weighted by Crippen LogP contribution is -2.40. The molecule has 0 unspecified atom stereocenters. The Bertz CT molecular complexity index is 1210. The van der Waals surface area contributed by atoms with Crippen LogP contribution in [0.4, 0.5) is 11.8 Å². The van der Waals surface area contributed by atoms with Gasteiger partial charge in [-0.3, -0.25) is 4.79 Å². The molecule has 0 N–H and O–H groups in total. The van der Waals surface area contributed by atoms with Crippen LogP contribution >= 0.6 is 0 Å². The smallest absolute Gasteiger partial charge is 0.227 e. The lowest BCUT2D eigenvalue weighted by Gasteiger charge is -2.36. The number of hydrogen-bond acceptors (Lipinski definition) is 6. The Morgan fingerprint density at radius 2 is 1.73 bits per heavy atom. The van der Waals surface area contributed by atoms with Crippen LogP contribution in [0.5, 0.6) is 5.75 Å². The second-order valence-corrected chi connectivity index (χ2v) is 10.4. The molecule has 37 heavy (non-hydrogen) atoms. The highest BCUT2D eigenvalue weighted by atomic mass is 16.5. The number of anilines is 2. The number of hydrogen-bond donors (Lipinski definition) is 0. The van der Waals surface area contributed by atoms with Crippen LogP contribution in [-0.2, 0) is 30.7 Å². The Kier molecular flexibility index (Phi) is 7.58. The van der Waals surface area contributed by atoms with Crippen molar-refractivity contribution in [3.8, 4) is 5.75 Å². The molecule has 0 aliphatic carbocycles. The fraction of sp³-hybridized carbons (Fsp3) is 0.433. The molecule has 2 aliphatic rings. The van der Waals surface area contributed by atoms with Crippen molar-refractivity contribution in [2.75, 3.05) is 43.6 Å². The summed E-state index contributed by atoms with van der Waals surface area (Å²) in [6, 6.07) is 18.2. The summed E-state index contributed by atoms with van der Waals surface area (Å²) in [6.07, 6.45) is 3.45. The summed E-state index contributed by atoms with van der Waals surface area (Å²) in [4.78, 5) is 29.9. The Morgan fingerprint density at radius 1 is 1.00 bits per heavy atom. The Balaban J connectivity index is 1.39. The first kappa shape index (κ1) is 25.1. The molecule has 2 aromatic carbocycles. The van der Waals surface area contributed by atoms with Gasteiger partial charge in [-0.1, -0.05) is 49.4 Å². The SMILES string of the molecule is COc1ccc(CC(=O)N2CCc3nc(N(C)Cc4ccccc4)nc(N4CCC(C)CC4)c3C2)cc1. The second kappa shape index (κ2) is 11.2. The molecule has 1 saturated heterocycles. The van der Waals surface area contributed by atoms with Crippen molar-refractivity contribution in [2.24, 2.45) is 5.92 Å². The van der Waals surface area contributed by atoms with Crippen molar-refractivity contribution in [3.63, 3.8) is 0 Å². The van der Waals surface area contributed by atoms with E-state index in [9.17, 15) is 4.79 Å². The van der Waals surface area contributed by atoms with E-state index in [1.54, 1.807) is 7.11 Å². The number of fused-ring (bicyclic) bond motifs is 1. The minimum atomic E-state index is 0.138. The molecular weight excluding hydrogens is 462 g/mol. The van der Waals surface area contributed by atoms with E-state index in [0.717, 1.165) is 79.2 Å². The van der Waals surface area contributed by atoms with Gasteiger partial charge in [-0.2, -0.15) is 4.98 Å². The first-order valence-corrected chi connectivity index (χ1v) is 13.3. The summed E-state index contributed by atoms with van der Waals surface area (Å²) in [5.41, 5.74) is 4.42. The molecule has 1 aromatic heterocycles. The van der Waals surface area contributed by atoms with Crippen LogP contribution in [0.3, 0.4) is 0 Å². The zero-order valence-electron chi connectivity index (χ0n) is 22.2. The van der Waals surface area contributed by atoms with Gasteiger partial charge >= 0.3 is 0 Å². The van der Waals surface area contributed by atoms with Crippen molar-refractivity contribution in [2.45, 2.75) is 45.7 Å². The molecule has 2 aliphatic heterocycles. The monoisotopic (exact) mass is 499 g/mol. The zero-order valence-corrected chi connectivity index (χ0v) is 22.2. The van der Waals surface area contributed by atoms with Gasteiger partial charge in [0, 0.05) is 45.2 Å². The molecule has 7 nitrogen and oxygen atoms in total. The molecule has 0 bridgehead atoms. The van der Waals surface area contributed by atoms with Crippen LogP contribution in [0.2, 0.25) is 0 Å². The van der Waals surface area contributed by atoms with E-state index in [1.165, 1.54) is 5.56 Å². The molecule has 1 amide bonds. The second-order valence-electron chi connectivity index (χ2n) is 10.4. The summed E-state index contributed by atoms with van der Waals surface area (Å²) >= 11 is 0. The normalized spacial score (nSPS) is 15.9. The highest BCUT2D eigenvalue weighted by Crippen LogP contribution is 2.32. The van der Waals surface area contributed by atoms with Crippen LogP contribution in [0.1, 0.15) is 42.1 Å². The van der Waals surface area contributed by atoms with Crippen molar-refractivity contribution < 1.29 is 9.53 Å². The minimum absolute atomic E-state index is 0.138. The number of amides is 1. The molecule has 0 saturated carbocycles. The van der Waals surface area contributed by atoms with Crippen molar-refractivity contribution in [3.05, 3.63) is 77.0 Å². The Hall–Kier alpha value is -3.61. The van der Waals surface area contributed by atoms with Crippen LogP contribution in [-0.4, -0.2) is 54.6 Å². The van der Waals surface area contributed by atoms with Gasteiger partial charge in [0.05, 0.1) is 25.8 Å². The summed E-state index contributed by atoms with van der Waals surface area (Å²) in [5.74, 6) is 3.44. The summed E-state index contributed by atoms with van der Waals surface area (Å²) in [7, 11) is 3.71. The molecule has 5 rings (SSSR count). The van der Waals surface area contributed by atoms with E-state index >= 15 is 0 Å². The van der Waals surface area contributed by atoms with E-state index in [-0.39, 0.29) is 5.91 Å². The third kappa shape index (κ3) is 5.87. The van der Waals surface area contributed by atoms with E-state index in [2.05, 4.69) is 48.0 Å². The first-order valence-electron chi connectivity index (χ1n) is 13.3. The molecule has 3 heterocycles. The molecule has 0 atom stereocenters. The number of benzene rings is 2. The topological polar surface area (TPSA) is 61.8 Å². The van der Waals surface area contributed by atoms with E-state index in [4.69, 9.17) is 14.7 Å². The van der Waals surface area contributed by atoms with Gasteiger partial charge in [-0.25, -0.2) is 4.98 Å². The fourth-order valence-corrected chi connectivity index (χ4v) is 5.21. The van der Waals surface area contributed by atoms with E-state index in [0.29, 0.717) is 19.5 Å². The van der Waals surface area contributed by atoms with E-state index in [1.807, 2.05) is 35.2 Å². The van der Waals surface area contributed by atoms with Gasteiger partial charge in [0.1, 0.15) is 11.6 Å². The third-order valence-electron chi connectivity index (χ3n) is 7.58. The number of methoxy groups -OCH3 is 1. The number of aromatic nitrogens is 2. The number of piperidine rings is 1. The molecule has 0 spiro atoms.